The van der Waals surface area contributed by atoms with E-state index in [0.29, 0.717) is 55.6 Å². The third-order valence-corrected chi connectivity index (χ3v) is 30.1. The van der Waals surface area contributed by atoms with Gasteiger partial charge >= 0.3 is 17.9 Å². The van der Waals surface area contributed by atoms with Crippen LogP contribution in [0.25, 0.3) is 0 Å². The molecular formula is C101H110Cl2N8O19S5. The van der Waals surface area contributed by atoms with Gasteiger partial charge in [0.15, 0.2) is 0 Å². The average molecular weight is 1970 g/mol. The van der Waals surface area contributed by atoms with Crippen molar-refractivity contribution in [1.29, 1.82) is 0 Å². The molecule has 2 amide bonds. The second-order valence-electron chi connectivity index (χ2n) is 31.8. The summed E-state index contributed by atoms with van der Waals surface area (Å²) in [4.78, 5) is 66.5. The molecule has 34 heteroatoms. The zero-order valence-electron chi connectivity index (χ0n) is 77.1. The number of aromatic nitrogens is 1. The maximum absolute atomic E-state index is 13.4. The molecule has 0 saturated heterocycles. The number of aryl methyl sites for hydroxylation is 9. The highest BCUT2D eigenvalue weighted by molar-refractivity contribution is 7.94. The lowest BCUT2D eigenvalue weighted by molar-refractivity contribution is -0.148. The molecule has 712 valence electrons. The number of anilines is 7. The number of nitrogens with one attached hydrogen (secondary N) is 2. The van der Waals surface area contributed by atoms with Crippen molar-refractivity contribution in [3.05, 3.63) is 345 Å². The highest BCUT2D eigenvalue weighted by Crippen LogP contribution is 2.36. The Labute approximate surface area is 802 Å². The molecule has 1 fully saturated rings. The van der Waals surface area contributed by atoms with Crippen LogP contribution in [0, 0.1) is 62.3 Å². The monoisotopic (exact) mass is 1970 g/mol. The Morgan fingerprint density at radius 1 is 0.348 bits per heavy atom. The Morgan fingerprint density at radius 3 is 0.985 bits per heavy atom. The van der Waals surface area contributed by atoms with Crippen LogP contribution < -0.4 is 36.9 Å². The molecule has 11 aromatic carbocycles. The SMILES string of the molecule is COC(=O)CN(c1cc(C)ccc1C)S(=O)(=O)c1ccccc1.COc1ccc(C)c(N(CC(=O)OC2CCCCC2)S(=O)(=O)c2ccccc2)c1.Cc1ccc(C)c(N(CC(=O)Nc2cccc(Cl)c2)S(=O)(=O)c2ccccc2)c1.Cc1ccc(C)c(N(CC(=O)Nc2cncc(Cl)c2)S(=O)(=O)c2ccccc2)c1.Cc1ccc(C)c(N(CC(=O)OC(C)C)S(=O)(=O)c2ccccc2)c1. The molecule has 135 heavy (non-hydrogen) atoms. The fraction of sp³-hybridized carbons (Fsp3) is 0.248. The molecule has 1 aromatic heterocycles. The van der Waals surface area contributed by atoms with Crippen LogP contribution in [0.4, 0.5) is 39.8 Å². The molecule has 0 bridgehead atoms. The lowest BCUT2D eigenvalue weighted by atomic mass is 9.98. The number of pyridine rings is 1. The first-order chi connectivity index (χ1) is 64.0. The van der Waals surface area contributed by atoms with Crippen molar-refractivity contribution in [2.75, 3.05) is 79.1 Å². The summed E-state index contributed by atoms with van der Waals surface area (Å²) in [5.74, 6) is -2.21. The first kappa shape index (κ1) is 106. The van der Waals surface area contributed by atoms with Crippen LogP contribution in [0.1, 0.15) is 96.0 Å². The van der Waals surface area contributed by atoms with Crippen LogP contribution in [-0.2, 0) is 88.3 Å². The largest absolute Gasteiger partial charge is 0.497 e. The van der Waals surface area contributed by atoms with Crippen LogP contribution in [0.2, 0.25) is 10.0 Å². The fourth-order valence-electron chi connectivity index (χ4n) is 13.9. The predicted molar refractivity (Wildman–Crippen MR) is 530 cm³/mol. The van der Waals surface area contributed by atoms with Gasteiger partial charge in [0.1, 0.15) is 44.6 Å². The third-order valence-electron chi connectivity index (χ3n) is 20.8. The average Bonchev–Trinajstić information content (AvgIpc) is 0.801. The minimum absolute atomic E-state index is 0.109. The van der Waals surface area contributed by atoms with Crippen LogP contribution in [0.5, 0.6) is 5.75 Å². The van der Waals surface area contributed by atoms with E-state index in [4.69, 9.17) is 37.4 Å². The smallest absolute Gasteiger partial charge is 0.327 e. The standard InChI is InChI=1S/C22H21ClN2O3S.C22H27NO5S.C21H20ClN3O3S.C19H23NO4S.C17H19NO4S/c1-16-11-12-17(2)21(13-16)25(29(27,28)20-9-4-3-5-10-20)15-22(26)24-19-8-6-7-18(23)14-19;1-17-13-14-19(27-2)15-21(17)23(29(25,26)20-11-7-4-8-12-20)16-22(24)28-18-9-5-3-6-10-18;1-15-8-9-16(2)20(10-15)25(29(27,28)19-6-4-3-5-7-19)14-21(26)24-18-11-17(22)12-23-13-18;1-14(2)24-19(21)13-20(18-12-15(3)10-11-16(18)4)25(22,23)17-8-6-5-7-9-17;1-13-9-10-14(2)16(11-13)18(12-17(19)22-3)23(20,21)15-7-5-4-6-8-15/h3-14H,15H2,1-2H3,(H,24,26);4,7-8,11-15,18H,3,5-6,9-10,16H2,1-2H3;3-13H,14H2,1-2H3,(H,24,26);5-12,14H,13H2,1-4H3;4-11H,12H2,1-3H3. The molecule has 0 aliphatic heterocycles. The molecule has 27 nitrogen and oxygen atoms in total. The van der Waals surface area contributed by atoms with E-state index in [9.17, 15) is 66.1 Å². The first-order valence-electron chi connectivity index (χ1n) is 42.8. The number of nitrogens with zero attached hydrogens (tertiary/aromatic N) is 6. The van der Waals surface area contributed by atoms with Crippen molar-refractivity contribution in [2.45, 2.75) is 145 Å². The lowest BCUT2D eigenvalue weighted by Crippen LogP contribution is -2.38. The van der Waals surface area contributed by atoms with Crippen LogP contribution in [0.15, 0.2) is 310 Å². The van der Waals surface area contributed by atoms with E-state index in [1.807, 2.05) is 90.1 Å². The summed E-state index contributed by atoms with van der Waals surface area (Å²) in [5, 5.41) is 6.20. The number of sulfonamides is 5. The Hall–Kier alpha value is -13.0. The number of esters is 3. The number of halogens is 2. The number of methoxy groups -OCH3 is 2. The van der Waals surface area contributed by atoms with E-state index in [0.717, 1.165) is 104 Å². The number of carbonyl (C=O) groups excluding carboxylic acids is 5. The lowest BCUT2D eigenvalue weighted by Gasteiger charge is -2.27. The van der Waals surface area contributed by atoms with E-state index in [1.54, 1.807) is 198 Å². The van der Waals surface area contributed by atoms with Crippen molar-refractivity contribution in [1.82, 2.24) is 4.98 Å². The summed E-state index contributed by atoms with van der Waals surface area (Å²) in [6.07, 6.45) is 7.29. The highest BCUT2D eigenvalue weighted by atomic mass is 35.5. The summed E-state index contributed by atoms with van der Waals surface area (Å²) in [5.41, 5.74) is 10.5. The van der Waals surface area contributed by atoms with Crippen LogP contribution >= 0.6 is 23.2 Å². The molecule has 12 aromatic rings. The summed E-state index contributed by atoms with van der Waals surface area (Å²) in [6, 6.07) is 75.7. The Morgan fingerprint density at radius 2 is 0.659 bits per heavy atom. The van der Waals surface area contributed by atoms with Gasteiger partial charge in [0.05, 0.1) is 90.1 Å². The van der Waals surface area contributed by atoms with Crippen LogP contribution in [-0.4, -0.2) is 136 Å². The molecule has 1 aliphatic rings. The third kappa shape index (κ3) is 29.8. The predicted octanol–water partition coefficient (Wildman–Crippen LogP) is 19.2. The van der Waals surface area contributed by atoms with Gasteiger partial charge in [-0.25, -0.2) is 42.1 Å². The second-order valence-corrected chi connectivity index (χ2v) is 42.0. The molecule has 2 N–H and O–H groups in total. The Kier molecular flexibility index (Phi) is 38.2. The zero-order valence-corrected chi connectivity index (χ0v) is 82.7. The fourth-order valence-corrected chi connectivity index (χ4v) is 21.7. The Balaban J connectivity index is 0.000000190. The topological polar surface area (TPSA) is 346 Å². The summed E-state index contributed by atoms with van der Waals surface area (Å²) in [7, 11) is -16.9. The van der Waals surface area contributed by atoms with Crippen molar-refractivity contribution < 1.29 is 85.0 Å². The number of ether oxygens (including phenoxy) is 4. The van der Waals surface area contributed by atoms with Gasteiger partial charge in [-0.15, -0.1) is 0 Å². The van der Waals surface area contributed by atoms with E-state index < -0.39 is 86.4 Å². The molecule has 0 radical (unpaired) electrons. The van der Waals surface area contributed by atoms with E-state index in [1.165, 1.54) is 87.3 Å². The number of benzene rings is 11. The molecule has 0 atom stereocenters. The highest BCUT2D eigenvalue weighted by Gasteiger charge is 2.35. The molecule has 0 spiro atoms. The number of hydrogen-bond donors (Lipinski definition) is 2. The maximum atomic E-state index is 13.4. The maximum Gasteiger partial charge on any atom is 0.327 e. The molecule has 1 saturated carbocycles. The van der Waals surface area contributed by atoms with Gasteiger partial charge in [0, 0.05) is 23.0 Å². The van der Waals surface area contributed by atoms with Crippen LogP contribution in [0.3, 0.4) is 0 Å². The number of amides is 2. The summed E-state index contributed by atoms with van der Waals surface area (Å²) in [6.45, 7) is 18.1. The Bertz CT molecular complexity index is 6540. The van der Waals surface area contributed by atoms with Crippen molar-refractivity contribution in [2.24, 2.45) is 0 Å². The molecule has 1 aliphatic carbocycles. The minimum atomic E-state index is -3.96. The van der Waals surface area contributed by atoms with Gasteiger partial charge in [-0.3, -0.25) is 50.5 Å². The quantitative estimate of drug-likeness (QED) is 0.0312. The van der Waals surface area contributed by atoms with Gasteiger partial charge in [-0.1, -0.05) is 181 Å². The number of rotatable bonds is 30. The van der Waals surface area contributed by atoms with Gasteiger partial charge in [0.25, 0.3) is 50.1 Å². The van der Waals surface area contributed by atoms with E-state index in [-0.39, 0.29) is 62.9 Å². The normalized spacial score (nSPS) is 12.0. The van der Waals surface area contributed by atoms with Gasteiger partial charge in [-0.2, -0.15) is 0 Å². The zero-order chi connectivity index (χ0) is 98.5. The van der Waals surface area contributed by atoms with Gasteiger partial charge in [0.2, 0.25) is 11.8 Å². The van der Waals surface area contributed by atoms with Gasteiger partial charge < -0.3 is 29.6 Å². The van der Waals surface area contributed by atoms with Gasteiger partial charge in [-0.05, 0) is 267 Å². The molecular weight excluding hydrogens is 1860 g/mol. The first-order valence-corrected chi connectivity index (χ1v) is 50.7. The number of hydrogen-bond acceptors (Lipinski definition) is 20. The van der Waals surface area contributed by atoms with Crippen molar-refractivity contribution in [3.8, 4) is 5.75 Å². The van der Waals surface area contributed by atoms with E-state index in [2.05, 4.69) is 20.4 Å². The summed E-state index contributed by atoms with van der Waals surface area (Å²) < 4.78 is 159. The second kappa shape index (κ2) is 48.8. The molecule has 13 rings (SSSR count). The minimum Gasteiger partial charge on any atom is -0.497 e. The van der Waals surface area contributed by atoms with E-state index >= 15 is 0 Å². The van der Waals surface area contributed by atoms with Crippen molar-refractivity contribution >= 4 is 143 Å². The summed E-state index contributed by atoms with van der Waals surface area (Å²) >= 11 is 11.9. The van der Waals surface area contributed by atoms with Crippen molar-refractivity contribution in [3.63, 3.8) is 0 Å². The molecule has 1 heterocycles. The number of carbonyl (C=O) groups is 5. The molecule has 0 unspecified atom stereocenters.